The molecule has 0 aliphatic carbocycles. The Hall–Kier alpha value is -1.26. The molecule has 108 valence electrons. The van der Waals surface area contributed by atoms with Crippen LogP contribution in [-0.4, -0.2) is 38.6 Å². The highest BCUT2D eigenvalue weighted by Gasteiger charge is 2.09. The SMILES string of the molecule is CNCCC(=O)N(C)Cc1ccc(OC)c(C)c1.Cl. The number of aryl methyl sites for hydroxylation is 1. The van der Waals surface area contributed by atoms with Crippen LogP contribution in [0, 0.1) is 6.92 Å². The third kappa shape index (κ3) is 5.49. The predicted octanol–water partition coefficient (Wildman–Crippen LogP) is 1.99. The highest BCUT2D eigenvalue weighted by atomic mass is 35.5. The van der Waals surface area contributed by atoms with Crippen molar-refractivity contribution in [2.75, 3.05) is 27.7 Å². The number of benzene rings is 1. The Morgan fingerprint density at radius 3 is 2.63 bits per heavy atom. The number of carbonyl (C=O) groups is 1. The standard InChI is InChI=1S/C14H22N2O2.ClH/c1-11-9-12(5-6-13(11)18-4)10-16(3)14(17)7-8-15-2;/h5-6,9,15H,7-8,10H2,1-4H3;1H. The van der Waals surface area contributed by atoms with Crippen LogP contribution in [0.15, 0.2) is 18.2 Å². The fourth-order valence-corrected chi connectivity index (χ4v) is 1.82. The Bertz CT molecular complexity index is 410. The molecule has 4 nitrogen and oxygen atoms in total. The average Bonchev–Trinajstić information content (AvgIpc) is 2.36. The summed E-state index contributed by atoms with van der Waals surface area (Å²) in [7, 11) is 5.34. The number of halogens is 1. The third-order valence-electron chi connectivity index (χ3n) is 2.89. The number of hydrogen-bond donors (Lipinski definition) is 1. The average molecular weight is 287 g/mol. The predicted molar refractivity (Wildman–Crippen MR) is 80.0 cm³/mol. The maximum absolute atomic E-state index is 11.8. The quantitative estimate of drug-likeness (QED) is 0.870. The molecule has 0 saturated carbocycles. The fourth-order valence-electron chi connectivity index (χ4n) is 1.82. The van der Waals surface area contributed by atoms with Gasteiger partial charge in [-0.2, -0.15) is 0 Å². The van der Waals surface area contributed by atoms with E-state index in [1.165, 1.54) is 0 Å². The maximum atomic E-state index is 11.8. The van der Waals surface area contributed by atoms with Gasteiger partial charge >= 0.3 is 0 Å². The lowest BCUT2D eigenvalue weighted by Crippen LogP contribution is -2.28. The zero-order valence-electron chi connectivity index (χ0n) is 12.0. The van der Waals surface area contributed by atoms with Crippen molar-refractivity contribution in [3.8, 4) is 5.75 Å². The fraction of sp³-hybridized carbons (Fsp3) is 0.500. The summed E-state index contributed by atoms with van der Waals surface area (Å²) in [6.45, 7) is 3.35. The number of amides is 1. The van der Waals surface area contributed by atoms with E-state index in [2.05, 4.69) is 11.4 Å². The van der Waals surface area contributed by atoms with Crippen LogP contribution in [0.3, 0.4) is 0 Å². The van der Waals surface area contributed by atoms with Gasteiger partial charge in [0.05, 0.1) is 7.11 Å². The van der Waals surface area contributed by atoms with Crippen LogP contribution in [0.4, 0.5) is 0 Å². The molecule has 0 aliphatic heterocycles. The zero-order valence-corrected chi connectivity index (χ0v) is 12.8. The van der Waals surface area contributed by atoms with Crippen LogP contribution in [0.2, 0.25) is 0 Å². The molecule has 0 radical (unpaired) electrons. The second-order valence-electron chi connectivity index (χ2n) is 4.41. The first-order chi connectivity index (χ1) is 8.58. The topological polar surface area (TPSA) is 41.6 Å². The van der Waals surface area contributed by atoms with E-state index in [9.17, 15) is 4.79 Å². The molecule has 19 heavy (non-hydrogen) atoms. The van der Waals surface area contributed by atoms with Gasteiger partial charge in [0.2, 0.25) is 5.91 Å². The molecule has 1 amide bonds. The molecule has 1 N–H and O–H groups in total. The van der Waals surface area contributed by atoms with E-state index >= 15 is 0 Å². The van der Waals surface area contributed by atoms with E-state index in [0.29, 0.717) is 19.5 Å². The van der Waals surface area contributed by atoms with E-state index < -0.39 is 0 Å². The minimum absolute atomic E-state index is 0. The first-order valence-corrected chi connectivity index (χ1v) is 6.10. The lowest BCUT2D eigenvalue weighted by atomic mass is 10.1. The largest absolute Gasteiger partial charge is 0.496 e. The highest BCUT2D eigenvalue weighted by Crippen LogP contribution is 2.19. The minimum Gasteiger partial charge on any atom is -0.496 e. The Kier molecular flexibility index (Phi) is 8.19. The molecule has 0 aromatic heterocycles. The van der Waals surface area contributed by atoms with Crippen LogP contribution in [-0.2, 0) is 11.3 Å². The van der Waals surface area contributed by atoms with Gasteiger partial charge in [-0.15, -0.1) is 12.4 Å². The Labute approximate surface area is 121 Å². The molecule has 0 unspecified atom stereocenters. The molecule has 1 aromatic carbocycles. The molecule has 1 aromatic rings. The summed E-state index contributed by atoms with van der Waals surface area (Å²) < 4.78 is 5.22. The molecule has 0 fully saturated rings. The van der Waals surface area contributed by atoms with Crippen molar-refractivity contribution in [3.05, 3.63) is 29.3 Å². The summed E-state index contributed by atoms with van der Waals surface area (Å²) in [5.74, 6) is 1.03. The third-order valence-corrected chi connectivity index (χ3v) is 2.89. The van der Waals surface area contributed by atoms with Crippen LogP contribution >= 0.6 is 12.4 Å². The zero-order chi connectivity index (χ0) is 13.5. The molecule has 5 heteroatoms. The second kappa shape index (κ2) is 8.77. The van der Waals surface area contributed by atoms with Gasteiger partial charge in [0.15, 0.2) is 0 Å². The molecule has 0 bridgehead atoms. The number of nitrogens with one attached hydrogen (secondary N) is 1. The van der Waals surface area contributed by atoms with Gasteiger partial charge in [0, 0.05) is 26.6 Å². The minimum atomic E-state index is 0. The summed E-state index contributed by atoms with van der Waals surface area (Å²) in [4.78, 5) is 13.5. The van der Waals surface area contributed by atoms with Gasteiger partial charge in [-0.1, -0.05) is 12.1 Å². The molecule has 0 spiro atoms. The summed E-state index contributed by atoms with van der Waals surface area (Å²) in [5, 5.41) is 2.98. The van der Waals surface area contributed by atoms with Gasteiger partial charge in [-0.3, -0.25) is 4.79 Å². The van der Waals surface area contributed by atoms with Crippen molar-refractivity contribution in [1.82, 2.24) is 10.2 Å². The first-order valence-electron chi connectivity index (χ1n) is 6.10. The second-order valence-corrected chi connectivity index (χ2v) is 4.41. The van der Waals surface area contributed by atoms with Crippen molar-refractivity contribution < 1.29 is 9.53 Å². The van der Waals surface area contributed by atoms with Gasteiger partial charge in [-0.05, 0) is 31.2 Å². The number of nitrogens with zero attached hydrogens (tertiary/aromatic N) is 1. The maximum Gasteiger partial charge on any atom is 0.223 e. The van der Waals surface area contributed by atoms with Crippen molar-refractivity contribution in [2.24, 2.45) is 0 Å². The number of carbonyl (C=O) groups excluding carboxylic acids is 1. The van der Waals surface area contributed by atoms with Gasteiger partial charge < -0.3 is 15.0 Å². The van der Waals surface area contributed by atoms with E-state index in [1.54, 1.807) is 12.0 Å². The smallest absolute Gasteiger partial charge is 0.223 e. The molecule has 1 rings (SSSR count). The Morgan fingerprint density at radius 2 is 2.11 bits per heavy atom. The summed E-state index contributed by atoms with van der Waals surface area (Å²) in [6.07, 6.45) is 0.530. The highest BCUT2D eigenvalue weighted by molar-refractivity contribution is 5.85. The van der Waals surface area contributed by atoms with Crippen LogP contribution in [0.5, 0.6) is 5.75 Å². The Morgan fingerprint density at radius 1 is 1.42 bits per heavy atom. The van der Waals surface area contributed by atoms with Crippen LogP contribution in [0.1, 0.15) is 17.5 Å². The van der Waals surface area contributed by atoms with Crippen molar-refractivity contribution in [1.29, 1.82) is 0 Å². The van der Waals surface area contributed by atoms with E-state index in [-0.39, 0.29) is 18.3 Å². The lowest BCUT2D eigenvalue weighted by molar-refractivity contribution is -0.130. The monoisotopic (exact) mass is 286 g/mol. The molecular weight excluding hydrogens is 264 g/mol. The van der Waals surface area contributed by atoms with Crippen molar-refractivity contribution >= 4 is 18.3 Å². The number of hydrogen-bond acceptors (Lipinski definition) is 3. The van der Waals surface area contributed by atoms with Crippen molar-refractivity contribution in [3.63, 3.8) is 0 Å². The number of ether oxygens (including phenoxy) is 1. The molecule has 0 atom stereocenters. The summed E-state index contributed by atoms with van der Waals surface area (Å²) in [6, 6.07) is 5.99. The molecule has 0 heterocycles. The normalized spacial score (nSPS) is 9.68. The van der Waals surface area contributed by atoms with Gasteiger partial charge in [-0.25, -0.2) is 0 Å². The molecule has 0 saturated heterocycles. The number of methoxy groups -OCH3 is 1. The Balaban J connectivity index is 0.00000324. The van der Waals surface area contributed by atoms with Crippen LogP contribution < -0.4 is 10.1 Å². The number of rotatable bonds is 6. The summed E-state index contributed by atoms with van der Waals surface area (Å²) >= 11 is 0. The van der Waals surface area contributed by atoms with Gasteiger partial charge in [0.1, 0.15) is 5.75 Å². The summed E-state index contributed by atoms with van der Waals surface area (Å²) in [5.41, 5.74) is 2.21. The molecule has 0 aliphatic rings. The van der Waals surface area contributed by atoms with E-state index in [4.69, 9.17) is 4.74 Å². The van der Waals surface area contributed by atoms with Crippen LogP contribution in [0.25, 0.3) is 0 Å². The first kappa shape index (κ1) is 17.7. The lowest BCUT2D eigenvalue weighted by Gasteiger charge is -2.18. The van der Waals surface area contributed by atoms with E-state index in [1.807, 2.05) is 33.2 Å². The van der Waals surface area contributed by atoms with Crippen molar-refractivity contribution in [2.45, 2.75) is 19.9 Å². The van der Waals surface area contributed by atoms with E-state index in [0.717, 1.165) is 16.9 Å². The molecular formula is C14H23ClN2O2. The van der Waals surface area contributed by atoms with Gasteiger partial charge in [0.25, 0.3) is 0 Å².